The molecule has 0 spiro atoms. The first-order valence-corrected chi connectivity index (χ1v) is 5.45. The number of carbonyl (C=O) groups excluding carboxylic acids is 1. The second-order valence-electron chi connectivity index (χ2n) is 2.01. The van der Waals surface area contributed by atoms with Gasteiger partial charge in [-0.2, -0.15) is 0 Å². The van der Waals surface area contributed by atoms with Gasteiger partial charge in [-0.1, -0.05) is 11.3 Å². The van der Waals surface area contributed by atoms with Gasteiger partial charge in [0.2, 0.25) is 19.2 Å². The highest BCUT2D eigenvalue weighted by molar-refractivity contribution is 7.92. The van der Waals surface area contributed by atoms with E-state index in [9.17, 15) is 13.2 Å². The van der Waals surface area contributed by atoms with E-state index in [1.54, 1.807) is 0 Å². The van der Waals surface area contributed by atoms with Crippen LogP contribution in [-0.4, -0.2) is 30.8 Å². The lowest BCUT2D eigenvalue weighted by Gasteiger charge is -1.84. The van der Waals surface area contributed by atoms with Gasteiger partial charge in [-0.15, -0.1) is 10.2 Å². The van der Waals surface area contributed by atoms with E-state index in [4.69, 9.17) is 5.73 Å². The first kappa shape index (κ1) is 9.07. The average molecular weight is 207 g/mol. The van der Waals surface area contributed by atoms with E-state index in [0.29, 0.717) is 11.3 Å². The molecule has 0 radical (unpaired) electrons. The summed E-state index contributed by atoms with van der Waals surface area (Å²) < 4.78 is 21.5. The van der Waals surface area contributed by atoms with Crippen molar-refractivity contribution in [2.24, 2.45) is 5.73 Å². The molecule has 1 aromatic rings. The zero-order valence-electron chi connectivity index (χ0n) is 6.01. The van der Waals surface area contributed by atoms with Crippen LogP contribution in [0.5, 0.6) is 0 Å². The first-order chi connectivity index (χ1) is 5.41. The Bertz CT molecular complexity index is 407. The maximum absolute atomic E-state index is 10.8. The van der Waals surface area contributed by atoms with Crippen molar-refractivity contribution in [3.8, 4) is 0 Å². The summed E-state index contributed by atoms with van der Waals surface area (Å²) in [6, 6.07) is 0. The summed E-state index contributed by atoms with van der Waals surface area (Å²) in [5.74, 6) is -0.776. The third-order valence-corrected chi connectivity index (χ3v) is 3.54. The van der Waals surface area contributed by atoms with Gasteiger partial charge < -0.3 is 5.73 Å². The van der Waals surface area contributed by atoms with Crippen molar-refractivity contribution in [3.63, 3.8) is 0 Å². The Hall–Kier alpha value is -1.02. The Morgan fingerprint density at radius 1 is 1.50 bits per heavy atom. The summed E-state index contributed by atoms with van der Waals surface area (Å²) in [7, 11) is -3.38. The topological polar surface area (TPSA) is 103 Å². The Morgan fingerprint density at radius 3 is 2.33 bits per heavy atom. The molecule has 0 aliphatic rings. The molecule has 0 bridgehead atoms. The lowest BCUT2D eigenvalue weighted by Crippen LogP contribution is -2.10. The molecule has 66 valence electrons. The highest BCUT2D eigenvalue weighted by Gasteiger charge is 2.16. The molecule has 0 saturated heterocycles. The number of amides is 1. The molecular formula is C4H5N3O3S2. The van der Waals surface area contributed by atoms with E-state index in [1.165, 1.54) is 0 Å². The minimum Gasteiger partial charge on any atom is -0.363 e. The molecule has 0 saturated carbocycles. The van der Waals surface area contributed by atoms with Crippen molar-refractivity contribution in [3.05, 3.63) is 5.01 Å². The van der Waals surface area contributed by atoms with Gasteiger partial charge in [0, 0.05) is 6.26 Å². The minimum atomic E-state index is -3.38. The summed E-state index contributed by atoms with van der Waals surface area (Å²) in [6.07, 6.45) is 0.984. The number of primary amides is 1. The van der Waals surface area contributed by atoms with Crippen molar-refractivity contribution < 1.29 is 13.2 Å². The second kappa shape index (κ2) is 2.79. The minimum absolute atomic E-state index is 0.101. The zero-order chi connectivity index (χ0) is 9.35. The van der Waals surface area contributed by atoms with Crippen LogP contribution in [0.25, 0.3) is 0 Å². The smallest absolute Gasteiger partial charge is 0.279 e. The molecule has 1 aromatic heterocycles. The summed E-state index contributed by atoms with van der Waals surface area (Å²) in [5, 5.41) is 6.48. The number of hydrogen-bond acceptors (Lipinski definition) is 6. The van der Waals surface area contributed by atoms with E-state index in [-0.39, 0.29) is 9.35 Å². The summed E-state index contributed by atoms with van der Waals surface area (Å²) in [5.41, 5.74) is 4.84. The quantitative estimate of drug-likeness (QED) is 0.672. The third-order valence-electron chi connectivity index (χ3n) is 0.934. The van der Waals surface area contributed by atoms with Crippen LogP contribution >= 0.6 is 11.3 Å². The van der Waals surface area contributed by atoms with Gasteiger partial charge >= 0.3 is 0 Å². The SMILES string of the molecule is CS(=O)(=O)c1nnc(C(N)=O)s1. The molecule has 0 aliphatic carbocycles. The van der Waals surface area contributed by atoms with Crippen LogP contribution in [0.1, 0.15) is 9.80 Å². The molecular weight excluding hydrogens is 202 g/mol. The predicted molar refractivity (Wildman–Crippen MR) is 41.5 cm³/mol. The molecule has 2 N–H and O–H groups in total. The predicted octanol–water partition coefficient (Wildman–Crippen LogP) is -0.960. The van der Waals surface area contributed by atoms with Crippen LogP contribution in [0.2, 0.25) is 0 Å². The Morgan fingerprint density at radius 2 is 2.08 bits per heavy atom. The highest BCUT2D eigenvalue weighted by atomic mass is 32.2. The van der Waals surface area contributed by atoms with Gasteiger partial charge in [0.1, 0.15) is 0 Å². The third kappa shape index (κ3) is 1.77. The van der Waals surface area contributed by atoms with E-state index in [1.807, 2.05) is 0 Å². The van der Waals surface area contributed by atoms with Gasteiger partial charge in [0.15, 0.2) is 0 Å². The molecule has 0 atom stereocenters. The molecule has 0 fully saturated rings. The average Bonchev–Trinajstić information content (AvgIpc) is 2.30. The van der Waals surface area contributed by atoms with Gasteiger partial charge in [-0.25, -0.2) is 8.42 Å². The molecule has 1 amide bonds. The number of carbonyl (C=O) groups is 1. The number of hydrogen-bond donors (Lipinski definition) is 1. The number of rotatable bonds is 2. The molecule has 0 aliphatic heterocycles. The fourth-order valence-corrected chi connectivity index (χ4v) is 1.92. The van der Waals surface area contributed by atoms with Crippen molar-refractivity contribution in [2.75, 3.05) is 6.26 Å². The van der Waals surface area contributed by atoms with Gasteiger partial charge in [-0.05, 0) is 0 Å². The molecule has 1 heterocycles. The van der Waals surface area contributed by atoms with Crippen LogP contribution in [0.15, 0.2) is 4.34 Å². The molecule has 12 heavy (non-hydrogen) atoms. The standard InChI is InChI=1S/C4H5N3O3S2/c1-12(9,10)4-7-6-3(11-4)2(5)8/h1H3,(H2,5,8). The summed E-state index contributed by atoms with van der Waals surface area (Å²) in [4.78, 5) is 10.5. The highest BCUT2D eigenvalue weighted by Crippen LogP contribution is 2.14. The number of nitrogens with zero attached hydrogens (tertiary/aromatic N) is 2. The van der Waals surface area contributed by atoms with E-state index in [2.05, 4.69) is 10.2 Å². The van der Waals surface area contributed by atoms with E-state index >= 15 is 0 Å². The lowest BCUT2D eigenvalue weighted by molar-refractivity contribution is 0.0999. The molecule has 0 aromatic carbocycles. The molecule has 1 rings (SSSR count). The Kier molecular flexibility index (Phi) is 2.11. The van der Waals surface area contributed by atoms with Crippen LogP contribution in [0.3, 0.4) is 0 Å². The Labute approximate surface area is 72.3 Å². The summed E-state index contributed by atoms with van der Waals surface area (Å²) >= 11 is 0.663. The van der Waals surface area contributed by atoms with Gasteiger partial charge in [0.05, 0.1) is 0 Å². The number of nitrogens with two attached hydrogens (primary N) is 1. The van der Waals surface area contributed by atoms with Crippen LogP contribution in [-0.2, 0) is 9.84 Å². The van der Waals surface area contributed by atoms with Gasteiger partial charge in [-0.3, -0.25) is 4.79 Å². The molecule has 6 nitrogen and oxygen atoms in total. The van der Waals surface area contributed by atoms with Crippen molar-refractivity contribution in [1.29, 1.82) is 0 Å². The zero-order valence-corrected chi connectivity index (χ0v) is 7.65. The maximum Gasteiger partial charge on any atom is 0.279 e. The van der Waals surface area contributed by atoms with Crippen LogP contribution in [0, 0.1) is 0 Å². The summed E-state index contributed by atoms with van der Waals surface area (Å²) in [6.45, 7) is 0. The monoisotopic (exact) mass is 207 g/mol. The molecule has 8 heteroatoms. The fourth-order valence-electron chi connectivity index (χ4n) is 0.459. The first-order valence-electron chi connectivity index (χ1n) is 2.74. The largest absolute Gasteiger partial charge is 0.363 e. The molecule has 0 unspecified atom stereocenters. The van der Waals surface area contributed by atoms with E-state index in [0.717, 1.165) is 6.26 Å². The van der Waals surface area contributed by atoms with E-state index < -0.39 is 15.7 Å². The van der Waals surface area contributed by atoms with Crippen molar-refractivity contribution in [1.82, 2.24) is 10.2 Å². The lowest BCUT2D eigenvalue weighted by atomic mass is 10.7. The number of sulfone groups is 1. The number of aromatic nitrogens is 2. The maximum atomic E-state index is 10.8. The van der Waals surface area contributed by atoms with Crippen molar-refractivity contribution >= 4 is 27.1 Å². The fraction of sp³-hybridized carbons (Fsp3) is 0.250. The van der Waals surface area contributed by atoms with Gasteiger partial charge in [0.25, 0.3) is 5.91 Å². The Balaban J connectivity index is 3.17. The van der Waals surface area contributed by atoms with Crippen LogP contribution < -0.4 is 5.73 Å². The van der Waals surface area contributed by atoms with Crippen molar-refractivity contribution in [2.45, 2.75) is 4.34 Å². The normalized spacial score (nSPS) is 11.4. The second-order valence-corrected chi connectivity index (χ2v) is 5.18. The van der Waals surface area contributed by atoms with Crippen LogP contribution in [0.4, 0.5) is 0 Å².